The number of nitrogens with zero attached hydrogens (tertiary/aromatic N) is 1. The molecule has 0 fully saturated rings. The van der Waals surface area contributed by atoms with Crippen molar-refractivity contribution in [3.63, 3.8) is 0 Å². The highest BCUT2D eigenvalue weighted by Gasteiger charge is 2.32. The summed E-state index contributed by atoms with van der Waals surface area (Å²) < 4.78 is 39.1. The van der Waals surface area contributed by atoms with Crippen LogP contribution >= 0.6 is 11.6 Å². The third-order valence-corrected chi connectivity index (χ3v) is 5.99. The maximum atomic E-state index is 13.0. The Labute approximate surface area is 176 Å². The third-order valence-electron chi connectivity index (χ3n) is 4.59. The molecule has 2 rings (SSSR count). The van der Waals surface area contributed by atoms with E-state index >= 15 is 0 Å². The number of carbonyl (C=O) groups excluding carboxylic acids is 1. The van der Waals surface area contributed by atoms with Crippen molar-refractivity contribution in [1.82, 2.24) is 5.32 Å². The van der Waals surface area contributed by atoms with E-state index in [0.717, 1.165) is 16.1 Å². The average molecular weight is 441 g/mol. The van der Waals surface area contributed by atoms with Gasteiger partial charge < -0.3 is 5.32 Å². The van der Waals surface area contributed by atoms with Crippen molar-refractivity contribution in [2.24, 2.45) is 0 Å². The summed E-state index contributed by atoms with van der Waals surface area (Å²) in [5.74, 6) is -0.651. The van der Waals surface area contributed by atoms with Crippen molar-refractivity contribution in [3.05, 3.63) is 64.4 Å². The van der Waals surface area contributed by atoms with Crippen LogP contribution in [0, 0.1) is 12.7 Å². The molecular formula is C21H26ClFN2O3S. The van der Waals surface area contributed by atoms with Gasteiger partial charge in [0.15, 0.2) is 0 Å². The second-order valence-electron chi connectivity index (χ2n) is 6.93. The number of aryl methyl sites for hydroxylation is 2. The van der Waals surface area contributed by atoms with Crippen molar-refractivity contribution in [2.45, 2.75) is 39.2 Å². The van der Waals surface area contributed by atoms with Crippen LogP contribution in [-0.2, 0) is 21.2 Å². The van der Waals surface area contributed by atoms with Gasteiger partial charge in [0.05, 0.1) is 11.9 Å². The molecule has 0 saturated carbocycles. The zero-order valence-electron chi connectivity index (χ0n) is 16.8. The highest BCUT2D eigenvalue weighted by molar-refractivity contribution is 7.92. The Morgan fingerprint density at radius 1 is 1.21 bits per heavy atom. The summed E-state index contributed by atoms with van der Waals surface area (Å²) in [6.45, 7) is 3.93. The Kier molecular flexibility index (Phi) is 8.05. The van der Waals surface area contributed by atoms with Gasteiger partial charge >= 0.3 is 0 Å². The van der Waals surface area contributed by atoms with Gasteiger partial charge in [-0.1, -0.05) is 36.7 Å². The lowest BCUT2D eigenvalue weighted by Crippen LogP contribution is -2.49. The van der Waals surface area contributed by atoms with Gasteiger partial charge in [-0.05, 0) is 61.6 Å². The number of sulfonamides is 1. The maximum Gasteiger partial charge on any atom is 0.243 e. The summed E-state index contributed by atoms with van der Waals surface area (Å²) in [5, 5.41) is 3.22. The first-order chi connectivity index (χ1) is 13.6. The topological polar surface area (TPSA) is 66.5 Å². The number of amides is 1. The first-order valence-electron chi connectivity index (χ1n) is 9.41. The largest absolute Gasteiger partial charge is 0.354 e. The normalized spacial score (nSPS) is 12.4. The van der Waals surface area contributed by atoms with Crippen molar-refractivity contribution in [1.29, 1.82) is 0 Å². The lowest BCUT2D eigenvalue weighted by molar-refractivity contribution is -0.122. The quantitative estimate of drug-likeness (QED) is 0.597. The molecule has 0 aliphatic carbocycles. The minimum absolute atomic E-state index is 0.287. The van der Waals surface area contributed by atoms with Crippen molar-refractivity contribution in [3.8, 4) is 0 Å². The van der Waals surface area contributed by atoms with Gasteiger partial charge in [-0.25, -0.2) is 12.8 Å². The summed E-state index contributed by atoms with van der Waals surface area (Å²) >= 11 is 6.06. The Bertz CT molecular complexity index is 949. The molecule has 1 atom stereocenters. The predicted molar refractivity (Wildman–Crippen MR) is 115 cm³/mol. The number of halogens is 2. The Morgan fingerprint density at radius 2 is 1.86 bits per heavy atom. The molecule has 1 amide bonds. The van der Waals surface area contributed by atoms with E-state index in [4.69, 9.17) is 11.6 Å². The van der Waals surface area contributed by atoms with Crippen LogP contribution in [0.25, 0.3) is 0 Å². The predicted octanol–water partition coefficient (Wildman–Crippen LogP) is 4.08. The van der Waals surface area contributed by atoms with E-state index in [1.807, 2.05) is 0 Å². The van der Waals surface area contributed by atoms with E-state index in [1.165, 1.54) is 12.1 Å². The molecule has 0 saturated heterocycles. The van der Waals surface area contributed by atoms with E-state index in [0.29, 0.717) is 42.1 Å². The van der Waals surface area contributed by atoms with Crippen LogP contribution in [0.1, 0.15) is 30.9 Å². The zero-order chi connectivity index (χ0) is 21.6. The molecule has 29 heavy (non-hydrogen) atoms. The van der Waals surface area contributed by atoms with E-state index in [1.54, 1.807) is 44.2 Å². The van der Waals surface area contributed by atoms with Crippen LogP contribution in [0.2, 0.25) is 5.02 Å². The molecule has 0 heterocycles. The standard InChI is InChI=1S/C21H26ClFN2O3S/c1-4-19(21(26)24-13-5-6-16-8-11-18(23)12-9-16)25(29(3,27)28)20-14-17(22)10-7-15(20)2/h7-12,14,19H,4-6,13H2,1-3H3,(H,24,26)/t19-/m1/s1. The van der Waals surface area contributed by atoms with Gasteiger partial charge in [-0.2, -0.15) is 0 Å². The summed E-state index contributed by atoms with van der Waals surface area (Å²) in [4.78, 5) is 12.8. The van der Waals surface area contributed by atoms with Crippen LogP contribution in [0.5, 0.6) is 0 Å². The fourth-order valence-electron chi connectivity index (χ4n) is 3.13. The number of benzene rings is 2. The van der Waals surface area contributed by atoms with Gasteiger partial charge in [0.25, 0.3) is 0 Å². The number of anilines is 1. The summed E-state index contributed by atoms with van der Waals surface area (Å²) in [7, 11) is -3.71. The maximum absolute atomic E-state index is 13.0. The fourth-order valence-corrected chi connectivity index (χ4v) is 4.56. The van der Waals surface area contributed by atoms with E-state index in [9.17, 15) is 17.6 Å². The van der Waals surface area contributed by atoms with Crippen molar-refractivity contribution in [2.75, 3.05) is 17.1 Å². The fraction of sp³-hybridized carbons (Fsp3) is 0.381. The van der Waals surface area contributed by atoms with Gasteiger partial charge in [0.1, 0.15) is 11.9 Å². The van der Waals surface area contributed by atoms with Gasteiger partial charge in [-0.3, -0.25) is 9.10 Å². The number of hydrogen-bond donors (Lipinski definition) is 1. The zero-order valence-corrected chi connectivity index (χ0v) is 18.4. The first-order valence-corrected chi connectivity index (χ1v) is 11.6. The number of hydrogen-bond acceptors (Lipinski definition) is 3. The average Bonchev–Trinajstić information content (AvgIpc) is 2.65. The lowest BCUT2D eigenvalue weighted by atomic mass is 10.1. The minimum Gasteiger partial charge on any atom is -0.354 e. The molecule has 0 unspecified atom stereocenters. The molecule has 1 N–H and O–H groups in total. The molecule has 2 aromatic rings. The molecule has 0 bridgehead atoms. The van der Waals surface area contributed by atoms with Gasteiger partial charge in [-0.15, -0.1) is 0 Å². The first kappa shape index (κ1) is 23.2. The Hall–Kier alpha value is -2.12. The van der Waals surface area contributed by atoms with Crippen molar-refractivity contribution < 1.29 is 17.6 Å². The molecular weight excluding hydrogens is 415 g/mol. The summed E-state index contributed by atoms with van der Waals surface area (Å²) in [6.07, 6.45) is 2.73. The molecule has 0 radical (unpaired) electrons. The molecule has 0 aromatic heterocycles. The SMILES string of the molecule is CC[C@H](C(=O)NCCCc1ccc(F)cc1)N(c1cc(Cl)ccc1C)S(C)(=O)=O. The van der Waals surface area contributed by atoms with Crippen LogP contribution in [0.15, 0.2) is 42.5 Å². The summed E-state index contributed by atoms with van der Waals surface area (Å²) in [6, 6.07) is 10.3. The highest BCUT2D eigenvalue weighted by atomic mass is 35.5. The highest BCUT2D eigenvalue weighted by Crippen LogP contribution is 2.29. The van der Waals surface area contributed by atoms with E-state index < -0.39 is 16.1 Å². The molecule has 8 heteroatoms. The Morgan fingerprint density at radius 3 is 2.45 bits per heavy atom. The lowest BCUT2D eigenvalue weighted by Gasteiger charge is -2.31. The van der Waals surface area contributed by atoms with Crippen LogP contribution in [0.3, 0.4) is 0 Å². The molecule has 158 valence electrons. The molecule has 0 aliphatic heterocycles. The summed E-state index contributed by atoms with van der Waals surface area (Å²) in [5.41, 5.74) is 2.08. The van der Waals surface area contributed by atoms with Gasteiger partial charge in [0, 0.05) is 11.6 Å². The van der Waals surface area contributed by atoms with Crippen LogP contribution in [-0.4, -0.2) is 33.2 Å². The molecule has 2 aromatic carbocycles. The number of rotatable bonds is 9. The van der Waals surface area contributed by atoms with E-state index in [-0.39, 0.29) is 11.7 Å². The Balaban J connectivity index is 2.10. The molecule has 0 aliphatic rings. The van der Waals surface area contributed by atoms with Gasteiger partial charge in [0.2, 0.25) is 15.9 Å². The monoisotopic (exact) mass is 440 g/mol. The number of nitrogens with one attached hydrogen (secondary N) is 1. The van der Waals surface area contributed by atoms with Crippen LogP contribution < -0.4 is 9.62 Å². The van der Waals surface area contributed by atoms with Crippen molar-refractivity contribution >= 4 is 33.2 Å². The molecule has 0 spiro atoms. The third kappa shape index (κ3) is 6.44. The minimum atomic E-state index is -3.71. The van der Waals surface area contributed by atoms with Crippen LogP contribution in [0.4, 0.5) is 10.1 Å². The second kappa shape index (κ2) is 10.1. The van der Waals surface area contributed by atoms with E-state index in [2.05, 4.69) is 5.32 Å². The number of carbonyl (C=O) groups is 1. The smallest absolute Gasteiger partial charge is 0.243 e. The molecule has 5 nitrogen and oxygen atoms in total. The second-order valence-corrected chi connectivity index (χ2v) is 9.23.